The monoisotopic (exact) mass is 384 g/mol. The first-order chi connectivity index (χ1) is 11.9. The third-order valence-electron chi connectivity index (χ3n) is 3.54. The van der Waals surface area contributed by atoms with Crippen molar-refractivity contribution in [1.82, 2.24) is 29.9 Å². The molecule has 0 aliphatic carbocycles. The van der Waals surface area contributed by atoms with Gasteiger partial charge in [-0.05, 0) is 34.6 Å². The van der Waals surface area contributed by atoms with E-state index in [1.165, 1.54) is 9.70 Å². The second-order valence-corrected chi connectivity index (χ2v) is 7.27. The zero-order valence-corrected chi connectivity index (χ0v) is 16.6. The summed E-state index contributed by atoms with van der Waals surface area (Å²) in [5, 5.41) is 8.18. The summed E-state index contributed by atoms with van der Waals surface area (Å²) in [4.78, 5) is 22.9. The van der Waals surface area contributed by atoms with Crippen LogP contribution in [0.15, 0.2) is 0 Å². The maximum absolute atomic E-state index is 14.5. The van der Waals surface area contributed by atoms with Gasteiger partial charge in [0.25, 0.3) is 0 Å². The van der Waals surface area contributed by atoms with Gasteiger partial charge in [0, 0.05) is 14.1 Å². The fourth-order valence-electron chi connectivity index (χ4n) is 2.23. The highest BCUT2D eigenvalue weighted by atomic mass is 35.5. The first kappa shape index (κ1) is 20.0. The quantitative estimate of drug-likeness (QED) is 0.754. The number of hydrogen-bond donors (Lipinski definition) is 0. The van der Waals surface area contributed by atoms with Crippen molar-refractivity contribution < 1.29 is 13.9 Å². The Bertz CT molecular complexity index is 833. The van der Waals surface area contributed by atoms with Crippen molar-refractivity contribution in [1.29, 1.82) is 0 Å². The van der Waals surface area contributed by atoms with Crippen molar-refractivity contribution in [3.05, 3.63) is 22.5 Å². The number of hydrogen-bond acceptors (Lipinski definition) is 6. The van der Waals surface area contributed by atoms with E-state index in [9.17, 15) is 9.18 Å². The molecule has 8 nitrogen and oxygen atoms in total. The first-order valence-electron chi connectivity index (χ1n) is 7.97. The summed E-state index contributed by atoms with van der Waals surface area (Å²) in [6.45, 7) is 8.67. The number of amides is 1. The highest BCUT2D eigenvalue weighted by Gasteiger charge is 2.30. The van der Waals surface area contributed by atoms with Crippen LogP contribution in [-0.4, -0.2) is 48.6 Å². The van der Waals surface area contributed by atoms with Crippen LogP contribution in [0.25, 0.3) is 11.4 Å². The van der Waals surface area contributed by atoms with Crippen molar-refractivity contribution in [2.75, 3.05) is 7.05 Å². The van der Waals surface area contributed by atoms with Crippen LogP contribution in [-0.2, 0) is 11.8 Å². The van der Waals surface area contributed by atoms with Crippen LogP contribution in [0.3, 0.4) is 0 Å². The molecule has 1 amide bonds. The van der Waals surface area contributed by atoms with Crippen LogP contribution in [0.1, 0.15) is 45.3 Å². The number of aryl methyl sites for hydroxylation is 2. The van der Waals surface area contributed by atoms with Crippen LogP contribution >= 0.6 is 11.6 Å². The molecule has 0 N–H and O–H groups in total. The van der Waals surface area contributed by atoms with Gasteiger partial charge in [0.15, 0.2) is 11.0 Å². The van der Waals surface area contributed by atoms with Gasteiger partial charge in [-0.3, -0.25) is 0 Å². The lowest BCUT2D eigenvalue weighted by Gasteiger charge is -2.28. The molecule has 0 aromatic carbocycles. The van der Waals surface area contributed by atoms with Gasteiger partial charge in [-0.15, -0.1) is 0 Å². The average molecular weight is 385 g/mol. The van der Waals surface area contributed by atoms with E-state index in [4.69, 9.17) is 16.3 Å². The van der Waals surface area contributed by atoms with Gasteiger partial charge in [-0.25, -0.2) is 19.2 Å². The first-order valence-corrected chi connectivity index (χ1v) is 8.35. The zero-order chi connectivity index (χ0) is 19.8. The number of aromatic nitrogens is 5. The van der Waals surface area contributed by atoms with E-state index in [2.05, 4.69) is 20.2 Å². The molecule has 0 saturated heterocycles. The molecule has 0 fully saturated rings. The lowest BCUT2D eigenvalue weighted by atomic mass is 10.1. The van der Waals surface area contributed by atoms with Crippen LogP contribution in [0.4, 0.5) is 9.18 Å². The van der Waals surface area contributed by atoms with E-state index in [1.54, 1.807) is 48.7 Å². The molecule has 0 aliphatic heterocycles. The van der Waals surface area contributed by atoms with Crippen molar-refractivity contribution >= 4 is 17.7 Å². The van der Waals surface area contributed by atoms with Gasteiger partial charge in [0.1, 0.15) is 28.5 Å². The molecule has 1 atom stereocenters. The minimum absolute atomic E-state index is 0.0601. The molecule has 0 saturated carbocycles. The molecule has 0 aliphatic rings. The Balaban J connectivity index is 2.45. The van der Waals surface area contributed by atoms with E-state index in [1.807, 2.05) is 0 Å². The number of carbonyl (C=O) groups excluding carboxylic acids is 1. The van der Waals surface area contributed by atoms with Crippen LogP contribution < -0.4 is 0 Å². The smallest absolute Gasteiger partial charge is 0.410 e. The van der Waals surface area contributed by atoms with E-state index in [0.717, 1.165) is 0 Å². The van der Waals surface area contributed by atoms with E-state index < -0.39 is 23.6 Å². The van der Waals surface area contributed by atoms with E-state index >= 15 is 0 Å². The Morgan fingerprint density at radius 2 is 1.88 bits per heavy atom. The maximum Gasteiger partial charge on any atom is 0.410 e. The Kier molecular flexibility index (Phi) is 5.50. The van der Waals surface area contributed by atoms with Crippen molar-refractivity contribution in [2.45, 2.75) is 46.3 Å². The lowest BCUT2D eigenvalue weighted by molar-refractivity contribution is 0.0230. The Labute approximate surface area is 156 Å². The molecule has 26 heavy (non-hydrogen) atoms. The summed E-state index contributed by atoms with van der Waals surface area (Å²) >= 11 is 5.83. The fourth-order valence-corrected chi connectivity index (χ4v) is 2.44. The number of halogens is 2. The molecule has 2 heterocycles. The van der Waals surface area contributed by atoms with Crippen LogP contribution in [0.5, 0.6) is 0 Å². The van der Waals surface area contributed by atoms with Gasteiger partial charge in [0.05, 0.1) is 6.04 Å². The van der Waals surface area contributed by atoms with Crippen molar-refractivity contribution in [3.8, 4) is 11.4 Å². The maximum atomic E-state index is 14.5. The number of rotatable bonds is 3. The minimum atomic E-state index is -0.786. The van der Waals surface area contributed by atoms with Gasteiger partial charge in [0.2, 0.25) is 0 Å². The summed E-state index contributed by atoms with van der Waals surface area (Å²) in [7, 11) is 3.17. The average Bonchev–Trinajstić information content (AvgIpc) is 2.89. The standard InChI is InChI=1S/C16H22ClFN6O2/c1-8(23(6)15(25)26-16(3,4)5)11-13(22-24(7)21-11)12-10(18)14(17)20-9(2)19-12/h8H,1-7H3. The Morgan fingerprint density at radius 1 is 1.27 bits per heavy atom. The molecule has 0 bridgehead atoms. The predicted octanol–water partition coefficient (Wildman–Crippen LogP) is 3.30. The molecule has 2 aromatic rings. The largest absolute Gasteiger partial charge is 0.444 e. The lowest BCUT2D eigenvalue weighted by Crippen LogP contribution is -2.36. The second kappa shape index (κ2) is 7.14. The second-order valence-electron chi connectivity index (χ2n) is 6.91. The molecule has 2 rings (SSSR count). The van der Waals surface area contributed by atoms with Gasteiger partial charge in [-0.1, -0.05) is 11.6 Å². The summed E-state index contributed by atoms with van der Waals surface area (Å²) in [6, 6.07) is -0.540. The molecule has 10 heteroatoms. The summed E-state index contributed by atoms with van der Waals surface area (Å²) in [6.07, 6.45) is -0.529. The zero-order valence-electron chi connectivity index (χ0n) is 15.8. The molecule has 1 unspecified atom stereocenters. The third-order valence-corrected chi connectivity index (χ3v) is 3.80. The third kappa shape index (κ3) is 4.27. The van der Waals surface area contributed by atoms with Gasteiger partial charge in [-0.2, -0.15) is 15.0 Å². The van der Waals surface area contributed by atoms with E-state index in [-0.39, 0.29) is 16.5 Å². The predicted molar refractivity (Wildman–Crippen MR) is 94.1 cm³/mol. The summed E-state index contributed by atoms with van der Waals surface area (Å²) in [5.74, 6) is -0.484. The topological polar surface area (TPSA) is 86.0 Å². The van der Waals surface area contributed by atoms with Crippen molar-refractivity contribution in [3.63, 3.8) is 0 Å². The Hall–Kier alpha value is -2.29. The minimum Gasteiger partial charge on any atom is -0.444 e. The van der Waals surface area contributed by atoms with E-state index in [0.29, 0.717) is 11.5 Å². The normalized spacial score (nSPS) is 12.8. The Morgan fingerprint density at radius 3 is 2.46 bits per heavy atom. The molecule has 2 aromatic heterocycles. The molecular weight excluding hydrogens is 363 g/mol. The summed E-state index contributed by atoms with van der Waals surface area (Å²) in [5.41, 5.74) is -0.135. The van der Waals surface area contributed by atoms with Crippen LogP contribution in [0.2, 0.25) is 5.15 Å². The molecular formula is C16H22ClFN6O2. The van der Waals surface area contributed by atoms with Gasteiger partial charge >= 0.3 is 6.09 Å². The van der Waals surface area contributed by atoms with Gasteiger partial charge < -0.3 is 9.64 Å². The van der Waals surface area contributed by atoms with Crippen molar-refractivity contribution in [2.24, 2.45) is 7.05 Å². The molecule has 0 radical (unpaired) electrons. The number of nitrogens with zero attached hydrogens (tertiary/aromatic N) is 6. The molecule has 0 spiro atoms. The van der Waals surface area contributed by atoms with Crippen LogP contribution in [0, 0.1) is 12.7 Å². The fraction of sp³-hybridized carbons (Fsp3) is 0.562. The number of carbonyl (C=O) groups is 1. The highest BCUT2D eigenvalue weighted by molar-refractivity contribution is 6.29. The number of ether oxygens (including phenoxy) is 1. The molecule has 142 valence electrons. The SMILES string of the molecule is Cc1nc(Cl)c(F)c(-c2nn(C)nc2C(C)N(C)C(=O)OC(C)(C)C)n1. The highest BCUT2D eigenvalue weighted by Crippen LogP contribution is 2.30. The summed E-state index contributed by atoms with van der Waals surface area (Å²) < 4.78 is 19.8.